The van der Waals surface area contributed by atoms with Crippen molar-refractivity contribution in [3.8, 4) is 17.2 Å². The lowest BCUT2D eigenvalue weighted by molar-refractivity contribution is 0.347. The van der Waals surface area contributed by atoms with Gasteiger partial charge < -0.3 is 25.3 Å². The van der Waals surface area contributed by atoms with Gasteiger partial charge in [0.15, 0.2) is 6.73 Å². The van der Waals surface area contributed by atoms with Gasteiger partial charge >= 0.3 is 0 Å². The monoisotopic (exact) mass is 428 g/mol. The summed E-state index contributed by atoms with van der Waals surface area (Å²) in [5, 5.41) is 13.8. The molecule has 0 bridgehead atoms. The van der Waals surface area contributed by atoms with Crippen LogP contribution in [-0.2, 0) is 0 Å². The fourth-order valence-electron chi connectivity index (χ4n) is 3.25. The van der Waals surface area contributed by atoms with E-state index in [1.54, 1.807) is 14.2 Å². The highest BCUT2D eigenvalue weighted by atomic mass is 16.5. The highest BCUT2D eigenvalue weighted by molar-refractivity contribution is 5.95. The van der Waals surface area contributed by atoms with E-state index in [0.717, 1.165) is 27.9 Å². The first-order chi connectivity index (χ1) is 15.7. The van der Waals surface area contributed by atoms with Gasteiger partial charge in [-0.2, -0.15) is 10.2 Å². The van der Waals surface area contributed by atoms with Crippen molar-refractivity contribution in [2.24, 2.45) is 10.2 Å². The molecule has 3 N–H and O–H groups in total. The molecule has 0 spiro atoms. The minimum Gasteiger partial charge on any atom is -0.497 e. The van der Waals surface area contributed by atoms with Crippen LogP contribution in [-0.4, -0.2) is 21.0 Å². The molecular formula is C25H24N4O3. The molecule has 0 aliphatic heterocycles. The number of nitrogens with one attached hydrogen (secondary N) is 1. The molecule has 0 saturated heterocycles. The smallest absolute Gasteiger partial charge is 0.159 e. The summed E-state index contributed by atoms with van der Waals surface area (Å²) >= 11 is 0. The summed E-state index contributed by atoms with van der Waals surface area (Å²) in [4.78, 5) is 0. The summed E-state index contributed by atoms with van der Waals surface area (Å²) < 4.78 is 16.5. The van der Waals surface area contributed by atoms with Gasteiger partial charge in [-0.05, 0) is 53.9 Å². The van der Waals surface area contributed by atoms with Gasteiger partial charge in [-0.15, -0.1) is 0 Å². The molecule has 4 rings (SSSR count). The number of rotatable bonds is 8. The van der Waals surface area contributed by atoms with Crippen LogP contribution in [0.25, 0.3) is 10.8 Å². The maximum Gasteiger partial charge on any atom is 0.159 e. The second kappa shape index (κ2) is 9.70. The van der Waals surface area contributed by atoms with Gasteiger partial charge in [0.05, 0.1) is 37.0 Å². The van der Waals surface area contributed by atoms with Gasteiger partial charge in [-0.3, -0.25) is 0 Å². The fourth-order valence-corrected chi connectivity index (χ4v) is 3.25. The number of ether oxygens (including phenoxy) is 3. The van der Waals surface area contributed by atoms with Crippen LogP contribution in [0.4, 0.5) is 22.7 Å². The molecule has 0 saturated carbocycles. The topological polar surface area (TPSA) is 90.5 Å². The molecular weight excluding hydrogens is 404 g/mol. The number of nitrogen functional groups attached to an aromatic ring is 1. The number of azo groups is 1. The molecule has 162 valence electrons. The van der Waals surface area contributed by atoms with Crippen LogP contribution < -0.4 is 25.3 Å². The average Bonchev–Trinajstić information content (AvgIpc) is 2.84. The third-order valence-electron chi connectivity index (χ3n) is 4.96. The fraction of sp³-hybridized carbons (Fsp3) is 0.120. The van der Waals surface area contributed by atoms with E-state index in [4.69, 9.17) is 19.9 Å². The minimum absolute atomic E-state index is 0.206. The maximum atomic E-state index is 6.28. The van der Waals surface area contributed by atoms with E-state index in [0.29, 0.717) is 22.9 Å². The van der Waals surface area contributed by atoms with Crippen LogP contribution in [0.5, 0.6) is 17.2 Å². The van der Waals surface area contributed by atoms with E-state index in [1.165, 1.54) is 0 Å². The molecule has 0 aliphatic rings. The van der Waals surface area contributed by atoms with E-state index in [-0.39, 0.29) is 6.73 Å². The van der Waals surface area contributed by atoms with Crippen LogP contribution in [0.2, 0.25) is 0 Å². The van der Waals surface area contributed by atoms with Crippen LogP contribution >= 0.6 is 0 Å². The molecule has 0 aliphatic carbocycles. The number of hydrogen-bond donors (Lipinski definition) is 2. The molecule has 4 aromatic carbocycles. The number of hydrogen-bond acceptors (Lipinski definition) is 7. The Bertz CT molecular complexity index is 1240. The zero-order valence-corrected chi connectivity index (χ0v) is 17.9. The molecule has 32 heavy (non-hydrogen) atoms. The van der Waals surface area contributed by atoms with E-state index in [1.807, 2.05) is 78.9 Å². The first-order valence-electron chi connectivity index (χ1n) is 10.1. The van der Waals surface area contributed by atoms with E-state index < -0.39 is 0 Å². The first-order valence-corrected chi connectivity index (χ1v) is 10.1. The Morgan fingerprint density at radius 2 is 1.50 bits per heavy atom. The van der Waals surface area contributed by atoms with Crippen LogP contribution in [0, 0.1) is 0 Å². The Morgan fingerprint density at radius 3 is 2.28 bits per heavy atom. The highest BCUT2D eigenvalue weighted by Crippen LogP contribution is 2.32. The zero-order chi connectivity index (χ0) is 22.3. The molecule has 0 unspecified atom stereocenters. The Balaban J connectivity index is 1.46. The lowest BCUT2D eigenvalue weighted by atomic mass is 10.1. The molecule has 7 nitrogen and oxygen atoms in total. The first kappa shape index (κ1) is 21.0. The summed E-state index contributed by atoms with van der Waals surface area (Å²) in [6, 6.07) is 24.7. The maximum absolute atomic E-state index is 6.28. The third-order valence-corrected chi connectivity index (χ3v) is 4.96. The lowest BCUT2D eigenvalue weighted by Gasteiger charge is -2.14. The second-order valence-corrected chi connectivity index (χ2v) is 6.95. The Morgan fingerprint density at radius 1 is 0.781 bits per heavy atom. The van der Waals surface area contributed by atoms with E-state index in [9.17, 15) is 0 Å². The molecule has 7 heteroatoms. The number of fused-ring (bicyclic) bond motifs is 1. The standard InChI is InChI=1S/C25H24N4O3/c1-30-20-11-8-18(9-12-20)28-29-19-10-14-23(31-2)22(15-19)27-16-32-24-13-7-17-5-3-4-6-21(17)25(24)26/h3-15,27H,16,26H2,1-2H3. The Hall–Kier alpha value is -4.26. The van der Waals surface area contributed by atoms with Gasteiger partial charge in [0.25, 0.3) is 0 Å². The second-order valence-electron chi connectivity index (χ2n) is 6.95. The van der Waals surface area contributed by atoms with Crippen molar-refractivity contribution < 1.29 is 14.2 Å². The van der Waals surface area contributed by atoms with Gasteiger partial charge in [0, 0.05) is 5.39 Å². The summed E-state index contributed by atoms with van der Waals surface area (Å²) in [6.07, 6.45) is 0. The molecule has 0 aromatic heterocycles. The van der Waals surface area contributed by atoms with Crippen LogP contribution in [0.3, 0.4) is 0 Å². The van der Waals surface area contributed by atoms with Gasteiger partial charge in [0.2, 0.25) is 0 Å². The van der Waals surface area contributed by atoms with E-state index in [2.05, 4.69) is 15.5 Å². The number of methoxy groups -OCH3 is 2. The molecule has 0 radical (unpaired) electrons. The summed E-state index contributed by atoms with van der Waals surface area (Å²) in [5.41, 5.74) is 9.03. The molecule has 0 heterocycles. The highest BCUT2D eigenvalue weighted by Gasteiger charge is 2.07. The summed E-state index contributed by atoms with van der Waals surface area (Å²) in [6.45, 7) is 0.206. The SMILES string of the molecule is COc1ccc(N=Nc2ccc(OC)c(NCOc3ccc4ccccc4c3N)c2)cc1. The van der Waals surface area contributed by atoms with Crippen molar-refractivity contribution in [1.29, 1.82) is 0 Å². The Kier molecular flexibility index (Phi) is 6.36. The quantitative estimate of drug-likeness (QED) is 0.195. The largest absolute Gasteiger partial charge is 0.497 e. The summed E-state index contributed by atoms with van der Waals surface area (Å²) in [5.74, 6) is 2.06. The molecule has 4 aromatic rings. The molecule has 0 atom stereocenters. The number of benzene rings is 4. The third kappa shape index (κ3) is 4.73. The van der Waals surface area contributed by atoms with Crippen molar-refractivity contribution >= 4 is 33.5 Å². The van der Waals surface area contributed by atoms with Crippen molar-refractivity contribution in [2.45, 2.75) is 0 Å². The van der Waals surface area contributed by atoms with Crippen molar-refractivity contribution in [2.75, 3.05) is 32.0 Å². The Labute approximate surface area is 186 Å². The van der Waals surface area contributed by atoms with Crippen molar-refractivity contribution in [3.63, 3.8) is 0 Å². The number of anilines is 2. The van der Waals surface area contributed by atoms with E-state index >= 15 is 0 Å². The molecule has 0 amide bonds. The molecule has 0 fully saturated rings. The number of nitrogens with two attached hydrogens (primary N) is 1. The summed E-state index contributed by atoms with van der Waals surface area (Å²) in [7, 11) is 3.24. The predicted molar refractivity (Wildman–Crippen MR) is 128 cm³/mol. The lowest BCUT2D eigenvalue weighted by Crippen LogP contribution is -2.10. The van der Waals surface area contributed by atoms with Crippen molar-refractivity contribution in [3.05, 3.63) is 78.9 Å². The average molecular weight is 428 g/mol. The van der Waals surface area contributed by atoms with Gasteiger partial charge in [-0.1, -0.05) is 30.3 Å². The van der Waals surface area contributed by atoms with Crippen molar-refractivity contribution in [1.82, 2.24) is 0 Å². The van der Waals surface area contributed by atoms with Crippen LogP contribution in [0.15, 0.2) is 89.1 Å². The predicted octanol–water partition coefficient (Wildman–Crippen LogP) is 6.30. The minimum atomic E-state index is 0.206. The zero-order valence-electron chi connectivity index (χ0n) is 17.9. The number of nitrogens with zero attached hydrogens (tertiary/aromatic N) is 2. The normalized spacial score (nSPS) is 10.9. The van der Waals surface area contributed by atoms with Crippen LogP contribution in [0.1, 0.15) is 0 Å². The van der Waals surface area contributed by atoms with Gasteiger partial charge in [0.1, 0.15) is 17.2 Å². The van der Waals surface area contributed by atoms with Gasteiger partial charge in [-0.25, -0.2) is 0 Å².